The molecule has 27 heavy (non-hydrogen) atoms. The minimum Gasteiger partial charge on any atom is -0.493 e. The number of aryl methyl sites for hydroxylation is 3. The molecule has 0 aliphatic rings. The number of benzene rings is 1. The second-order valence-corrected chi connectivity index (χ2v) is 6.01. The molecule has 0 spiro atoms. The van der Waals surface area contributed by atoms with Crippen molar-refractivity contribution in [1.82, 2.24) is 20.4 Å². The second kappa shape index (κ2) is 11.7. The molecule has 1 aromatic carbocycles. The number of guanidine groups is 1. The average molecular weight is 487 g/mol. The Hall–Kier alpha value is -1.97. The minimum absolute atomic E-state index is 0. The van der Waals surface area contributed by atoms with E-state index in [1.807, 2.05) is 29.8 Å². The van der Waals surface area contributed by atoms with Crippen LogP contribution in [0.25, 0.3) is 0 Å². The lowest BCUT2D eigenvalue weighted by Gasteiger charge is -2.15. The SMILES string of the molecule is CN=C(NCCCn1nc(C)cc1C)NCc1cccc(OC)c1OC.I. The Morgan fingerprint density at radius 1 is 1.19 bits per heavy atom. The van der Waals surface area contributed by atoms with Gasteiger partial charge in [0.05, 0.1) is 19.9 Å². The molecule has 0 aliphatic carbocycles. The van der Waals surface area contributed by atoms with E-state index in [0.717, 1.165) is 48.2 Å². The molecule has 2 rings (SSSR count). The molecular weight excluding hydrogens is 457 g/mol. The number of aliphatic imine (C=N–C) groups is 1. The normalized spacial score (nSPS) is 10.9. The van der Waals surface area contributed by atoms with Crippen molar-refractivity contribution in [3.63, 3.8) is 0 Å². The number of ether oxygens (including phenoxy) is 2. The summed E-state index contributed by atoms with van der Waals surface area (Å²) in [7, 11) is 5.05. The van der Waals surface area contributed by atoms with Crippen LogP contribution in [0.1, 0.15) is 23.4 Å². The molecule has 7 nitrogen and oxygen atoms in total. The van der Waals surface area contributed by atoms with E-state index >= 15 is 0 Å². The molecule has 0 fully saturated rings. The molecule has 0 aliphatic heterocycles. The van der Waals surface area contributed by atoms with Gasteiger partial charge in [-0.2, -0.15) is 5.10 Å². The predicted molar refractivity (Wildman–Crippen MR) is 119 cm³/mol. The Kier molecular flexibility index (Phi) is 9.98. The fraction of sp³-hybridized carbons (Fsp3) is 0.474. The molecule has 1 aromatic heterocycles. The Labute approximate surface area is 178 Å². The minimum atomic E-state index is 0. The molecule has 2 N–H and O–H groups in total. The zero-order valence-electron chi connectivity index (χ0n) is 16.7. The second-order valence-electron chi connectivity index (χ2n) is 6.01. The number of halogens is 1. The maximum atomic E-state index is 5.46. The maximum absolute atomic E-state index is 5.46. The van der Waals surface area contributed by atoms with Crippen LogP contribution in [0.4, 0.5) is 0 Å². The van der Waals surface area contributed by atoms with E-state index in [2.05, 4.69) is 33.7 Å². The van der Waals surface area contributed by atoms with Gasteiger partial charge in [-0.1, -0.05) is 12.1 Å². The lowest BCUT2D eigenvalue weighted by Crippen LogP contribution is -2.37. The van der Waals surface area contributed by atoms with Crippen molar-refractivity contribution in [3.8, 4) is 11.5 Å². The summed E-state index contributed by atoms with van der Waals surface area (Å²) in [5.74, 6) is 2.21. The quantitative estimate of drug-likeness (QED) is 0.259. The van der Waals surface area contributed by atoms with Crippen molar-refractivity contribution in [1.29, 1.82) is 0 Å². The largest absolute Gasteiger partial charge is 0.493 e. The van der Waals surface area contributed by atoms with Crippen LogP contribution in [0.2, 0.25) is 0 Å². The summed E-state index contributed by atoms with van der Waals surface area (Å²) in [6.45, 7) is 6.38. The molecule has 2 aromatic rings. The van der Waals surface area contributed by atoms with Crippen molar-refractivity contribution in [2.75, 3.05) is 27.8 Å². The number of methoxy groups -OCH3 is 2. The van der Waals surface area contributed by atoms with Gasteiger partial charge in [-0.3, -0.25) is 9.67 Å². The summed E-state index contributed by atoms with van der Waals surface area (Å²) in [5.41, 5.74) is 3.26. The lowest BCUT2D eigenvalue weighted by atomic mass is 10.2. The highest BCUT2D eigenvalue weighted by Gasteiger charge is 2.09. The van der Waals surface area contributed by atoms with Gasteiger partial charge < -0.3 is 20.1 Å². The van der Waals surface area contributed by atoms with Crippen LogP contribution >= 0.6 is 24.0 Å². The predicted octanol–water partition coefficient (Wildman–Crippen LogP) is 2.89. The van der Waals surface area contributed by atoms with Crippen LogP contribution < -0.4 is 20.1 Å². The molecule has 150 valence electrons. The lowest BCUT2D eigenvalue weighted by molar-refractivity contribution is 0.351. The van der Waals surface area contributed by atoms with E-state index in [9.17, 15) is 0 Å². The van der Waals surface area contributed by atoms with Crippen LogP contribution in [0.5, 0.6) is 11.5 Å². The Morgan fingerprint density at radius 2 is 1.96 bits per heavy atom. The summed E-state index contributed by atoms with van der Waals surface area (Å²) in [6.07, 6.45) is 0.963. The number of nitrogens with one attached hydrogen (secondary N) is 2. The molecule has 0 saturated heterocycles. The Bertz CT molecular complexity index is 746. The van der Waals surface area contributed by atoms with E-state index in [1.165, 1.54) is 5.69 Å². The number of nitrogens with zero attached hydrogens (tertiary/aromatic N) is 3. The third kappa shape index (κ3) is 6.60. The van der Waals surface area contributed by atoms with Crippen molar-refractivity contribution < 1.29 is 9.47 Å². The zero-order chi connectivity index (χ0) is 18.9. The number of hydrogen-bond acceptors (Lipinski definition) is 4. The monoisotopic (exact) mass is 487 g/mol. The van der Waals surface area contributed by atoms with Crippen molar-refractivity contribution in [2.45, 2.75) is 33.4 Å². The van der Waals surface area contributed by atoms with Gasteiger partial charge in [0.15, 0.2) is 17.5 Å². The summed E-state index contributed by atoms with van der Waals surface area (Å²) >= 11 is 0. The topological polar surface area (TPSA) is 72.7 Å². The third-order valence-corrected chi connectivity index (χ3v) is 4.10. The number of hydrogen-bond donors (Lipinski definition) is 2. The van der Waals surface area contributed by atoms with Gasteiger partial charge in [-0.15, -0.1) is 24.0 Å². The molecular formula is C19H30IN5O2. The zero-order valence-corrected chi connectivity index (χ0v) is 19.0. The molecule has 1 heterocycles. The Balaban J connectivity index is 0.00000364. The highest BCUT2D eigenvalue weighted by Crippen LogP contribution is 2.30. The van der Waals surface area contributed by atoms with Crippen LogP contribution in [0, 0.1) is 13.8 Å². The van der Waals surface area contributed by atoms with Gasteiger partial charge >= 0.3 is 0 Å². The van der Waals surface area contributed by atoms with E-state index < -0.39 is 0 Å². The first-order chi connectivity index (χ1) is 12.6. The molecule has 0 unspecified atom stereocenters. The first-order valence-corrected chi connectivity index (χ1v) is 8.74. The summed E-state index contributed by atoms with van der Waals surface area (Å²) in [6, 6.07) is 7.93. The van der Waals surface area contributed by atoms with Crippen molar-refractivity contribution >= 4 is 29.9 Å². The van der Waals surface area contributed by atoms with Gasteiger partial charge in [0.1, 0.15) is 0 Å². The first kappa shape index (κ1) is 23.1. The number of aromatic nitrogens is 2. The first-order valence-electron chi connectivity index (χ1n) is 8.74. The van der Waals surface area contributed by atoms with Crippen LogP contribution in [-0.4, -0.2) is 43.6 Å². The van der Waals surface area contributed by atoms with E-state index in [-0.39, 0.29) is 24.0 Å². The van der Waals surface area contributed by atoms with Crippen LogP contribution in [0.3, 0.4) is 0 Å². The fourth-order valence-corrected chi connectivity index (χ4v) is 2.83. The maximum Gasteiger partial charge on any atom is 0.191 e. The number of rotatable bonds is 8. The summed E-state index contributed by atoms with van der Waals surface area (Å²) in [5, 5.41) is 11.1. The van der Waals surface area contributed by atoms with Gasteiger partial charge in [-0.25, -0.2) is 0 Å². The van der Waals surface area contributed by atoms with Gasteiger partial charge in [0.2, 0.25) is 0 Å². The number of para-hydroxylation sites is 1. The smallest absolute Gasteiger partial charge is 0.191 e. The average Bonchev–Trinajstić information content (AvgIpc) is 2.97. The molecule has 0 saturated carbocycles. The molecule has 0 bridgehead atoms. The van der Waals surface area contributed by atoms with Gasteiger partial charge in [0.25, 0.3) is 0 Å². The van der Waals surface area contributed by atoms with E-state index in [1.54, 1.807) is 21.3 Å². The molecule has 0 amide bonds. The van der Waals surface area contributed by atoms with E-state index in [0.29, 0.717) is 6.54 Å². The molecule has 8 heteroatoms. The third-order valence-electron chi connectivity index (χ3n) is 4.10. The molecule has 0 radical (unpaired) electrons. The Morgan fingerprint density at radius 3 is 2.56 bits per heavy atom. The molecule has 0 atom stereocenters. The summed E-state index contributed by atoms with van der Waals surface area (Å²) in [4.78, 5) is 4.27. The highest BCUT2D eigenvalue weighted by atomic mass is 127. The standard InChI is InChI=1S/C19H29N5O2.HI/c1-14-12-15(2)24(23-14)11-7-10-21-19(20-3)22-13-16-8-6-9-17(25-4)18(16)26-5;/h6,8-9,12H,7,10-11,13H2,1-5H3,(H2,20,21,22);1H. The van der Waals surface area contributed by atoms with Crippen LogP contribution in [-0.2, 0) is 13.1 Å². The highest BCUT2D eigenvalue weighted by molar-refractivity contribution is 14.0. The van der Waals surface area contributed by atoms with E-state index in [4.69, 9.17) is 9.47 Å². The fourth-order valence-electron chi connectivity index (χ4n) is 2.83. The van der Waals surface area contributed by atoms with Gasteiger partial charge in [-0.05, 0) is 32.4 Å². The van der Waals surface area contributed by atoms with Crippen LogP contribution in [0.15, 0.2) is 29.3 Å². The summed E-state index contributed by atoms with van der Waals surface area (Å²) < 4.78 is 12.8. The van der Waals surface area contributed by atoms with Crippen molar-refractivity contribution in [3.05, 3.63) is 41.2 Å². The van der Waals surface area contributed by atoms with Gasteiger partial charge in [0, 0.05) is 37.9 Å². The van der Waals surface area contributed by atoms with Crippen molar-refractivity contribution in [2.24, 2.45) is 4.99 Å².